The van der Waals surface area contributed by atoms with Crippen LogP contribution in [0.3, 0.4) is 0 Å². The molecule has 4 nitrogen and oxygen atoms in total. The molecule has 3 aromatic rings. The van der Waals surface area contributed by atoms with Gasteiger partial charge >= 0.3 is 0 Å². The van der Waals surface area contributed by atoms with E-state index < -0.39 is 0 Å². The maximum Gasteiger partial charge on any atom is 0.260 e. The second kappa shape index (κ2) is 8.78. The summed E-state index contributed by atoms with van der Waals surface area (Å²) in [6.45, 7) is 7.21. The van der Waals surface area contributed by atoms with E-state index in [0.29, 0.717) is 27.8 Å². The van der Waals surface area contributed by atoms with E-state index in [1.807, 2.05) is 12.1 Å². The van der Waals surface area contributed by atoms with Crippen LogP contribution in [0.5, 0.6) is 0 Å². The molecule has 2 aromatic carbocycles. The second-order valence-electron chi connectivity index (χ2n) is 6.07. The number of amides is 1. The first kappa shape index (κ1) is 19.7. The molecule has 7 heteroatoms. The number of benzene rings is 2. The van der Waals surface area contributed by atoms with Gasteiger partial charge in [-0.1, -0.05) is 42.9 Å². The van der Waals surface area contributed by atoms with Crippen molar-refractivity contribution in [3.8, 4) is 0 Å². The highest BCUT2D eigenvalue weighted by Crippen LogP contribution is 2.33. The fraction of sp³-hybridized carbons (Fsp3) is 0.300. The first-order valence-electron chi connectivity index (χ1n) is 8.88. The van der Waals surface area contributed by atoms with E-state index in [9.17, 15) is 9.18 Å². The number of thiazole rings is 1. The Morgan fingerprint density at radius 3 is 2.44 bits per heavy atom. The van der Waals surface area contributed by atoms with Gasteiger partial charge in [-0.25, -0.2) is 9.37 Å². The molecule has 0 atom stereocenters. The highest BCUT2D eigenvalue weighted by molar-refractivity contribution is 7.22. The van der Waals surface area contributed by atoms with Crippen LogP contribution in [0.2, 0.25) is 5.02 Å². The SMILES string of the molecule is CCN(CC)CCN(C(=O)c1ccc(F)cc1)c1nc2c(Cl)cccc2s1. The van der Waals surface area contributed by atoms with Crippen LogP contribution >= 0.6 is 22.9 Å². The van der Waals surface area contributed by atoms with Gasteiger partial charge in [-0.15, -0.1) is 0 Å². The summed E-state index contributed by atoms with van der Waals surface area (Å²) in [5.41, 5.74) is 1.13. The van der Waals surface area contributed by atoms with Crippen molar-refractivity contribution < 1.29 is 9.18 Å². The van der Waals surface area contributed by atoms with Crippen molar-refractivity contribution in [2.24, 2.45) is 0 Å². The van der Waals surface area contributed by atoms with Crippen molar-refractivity contribution in [3.63, 3.8) is 0 Å². The molecule has 0 aliphatic carbocycles. The van der Waals surface area contributed by atoms with Crippen molar-refractivity contribution in [2.45, 2.75) is 13.8 Å². The van der Waals surface area contributed by atoms with Crippen molar-refractivity contribution in [2.75, 3.05) is 31.1 Å². The summed E-state index contributed by atoms with van der Waals surface area (Å²) in [7, 11) is 0. The predicted molar refractivity (Wildman–Crippen MR) is 110 cm³/mol. The van der Waals surface area contributed by atoms with E-state index in [-0.39, 0.29) is 11.7 Å². The molecule has 27 heavy (non-hydrogen) atoms. The largest absolute Gasteiger partial charge is 0.302 e. The molecule has 1 heterocycles. The lowest BCUT2D eigenvalue weighted by Crippen LogP contribution is -2.38. The van der Waals surface area contributed by atoms with Crippen molar-refractivity contribution in [1.82, 2.24) is 9.88 Å². The molecular weight excluding hydrogens is 385 g/mol. The van der Waals surface area contributed by atoms with Crippen LogP contribution in [0.1, 0.15) is 24.2 Å². The molecular formula is C20H21ClFN3OS. The summed E-state index contributed by atoms with van der Waals surface area (Å²) in [5.74, 6) is -0.564. The molecule has 0 fully saturated rings. The topological polar surface area (TPSA) is 36.4 Å². The summed E-state index contributed by atoms with van der Waals surface area (Å²) in [6.07, 6.45) is 0. The van der Waals surface area contributed by atoms with Crippen molar-refractivity contribution in [1.29, 1.82) is 0 Å². The van der Waals surface area contributed by atoms with E-state index in [4.69, 9.17) is 11.6 Å². The van der Waals surface area contributed by atoms with Gasteiger partial charge in [0.25, 0.3) is 5.91 Å². The quantitative estimate of drug-likeness (QED) is 0.550. The number of nitrogens with zero attached hydrogens (tertiary/aromatic N) is 3. The highest BCUT2D eigenvalue weighted by atomic mass is 35.5. The normalized spacial score (nSPS) is 11.3. The average molecular weight is 406 g/mol. The summed E-state index contributed by atoms with van der Waals surface area (Å²) in [5, 5.41) is 1.16. The van der Waals surface area contributed by atoms with E-state index in [1.54, 1.807) is 11.0 Å². The molecule has 1 amide bonds. The van der Waals surface area contributed by atoms with Gasteiger partial charge in [-0.2, -0.15) is 0 Å². The van der Waals surface area contributed by atoms with E-state index in [0.717, 1.165) is 24.3 Å². The smallest absolute Gasteiger partial charge is 0.260 e. The molecule has 1 aromatic heterocycles. The lowest BCUT2D eigenvalue weighted by atomic mass is 10.2. The zero-order valence-corrected chi connectivity index (χ0v) is 16.9. The zero-order chi connectivity index (χ0) is 19.4. The van der Waals surface area contributed by atoms with E-state index in [1.165, 1.54) is 35.6 Å². The number of para-hydroxylation sites is 1. The molecule has 0 N–H and O–H groups in total. The highest BCUT2D eigenvalue weighted by Gasteiger charge is 2.22. The van der Waals surface area contributed by atoms with Crippen LogP contribution in [-0.4, -0.2) is 42.0 Å². The van der Waals surface area contributed by atoms with Gasteiger partial charge in [-0.3, -0.25) is 9.69 Å². The first-order valence-corrected chi connectivity index (χ1v) is 10.1. The van der Waals surface area contributed by atoms with Gasteiger partial charge in [0.2, 0.25) is 0 Å². The molecule has 0 saturated heterocycles. The fourth-order valence-electron chi connectivity index (χ4n) is 2.83. The average Bonchev–Trinajstić information content (AvgIpc) is 3.11. The van der Waals surface area contributed by atoms with E-state index >= 15 is 0 Å². The lowest BCUT2D eigenvalue weighted by molar-refractivity contribution is 0.0983. The minimum Gasteiger partial charge on any atom is -0.302 e. The minimum absolute atomic E-state index is 0.197. The number of rotatable bonds is 7. The molecule has 0 bridgehead atoms. The Morgan fingerprint density at radius 2 is 1.81 bits per heavy atom. The summed E-state index contributed by atoms with van der Waals surface area (Å²) in [4.78, 5) is 21.6. The number of hydrogen-bond donors (Lipinski definition) is 0. The van der Waals surface area contributed by atoms with Gasteiger partial charge in [0.15, 0.2) is 5.13 Å². The van der Waals surface area contributed by atoms with Crippen molar-refractivity contribution in [3.05, 3.63) is 58.9 Å². The van der Waals surface area contributed by atoms with Gasteiger partial charge in [0.1, 0.15) is 11.3 Å². The number of hydrogen-bond acceptors (Lipinski definition) is 4. The third-order valence-electron chi connectivity index (χ3n) is 4.46. The molecule has 3 rings (SSSR count). The monoisotopic (exact) mass is 405 g/mol. The standard InChI is InChI=1S/C20H21ClFN3OS/c1-3-24(4-2)12-13-25(19(26)14-8-10-15(22)11-9-14)20-23-18-16(21)6-5-7-17(18)27-20/h5-11H,3-4,12-13H2,1-2H3. The molecule has 0 saturated carbocycles. The fourth-order valence-corrected chi connectivity index (χ4v) is 4.12. The van der Waals surface area contributed by atoms with Crippen LogP contribution < -0.4 is 4.90 Å². The number of anilines is 1. The predicted octanol–water partition coefficient (Wildman–Crippen LogP) is 5.08. The Balaban J connectivity index is 1.96. The van der Waals surface area contributed by atoms with E-state index in [2.05, 4.69) is 23.7 Å². The van der Waals surface area contributed by atoms with Crippen LogP contribution in [0.25, 0.3) is 10.2 Å². The molecule has 0 aliphatic rings. The van der Waals surface area contributed by atoms with Crippen LogP contribution in [0.4, 0.5) is 9.52 Å². The maximum atomic E-state index is 13.2. The second-order valence-corrected chi connectivity index (χ2v) is 7.49. The number of carbonyl (C=O) groups excluding carboxylic acids is 1. The van der Waals surface area contributed by atoms with Gasteiger partial charge in [0, 0.05) is 18.7 Å². The Morgan fingerprint density at radius 1 is 1.11 bits per heavy atom. The first-order chi connectivity index (χ1) is 13.0. The maximum absolute atomic E-state index is 13.2. The number of likely N-dealkylation sites (N-methyl/N-ethyl adjacent to an activating group) is 1. The Bertz CT molecular complexity index is 925. The number of halogens is 2. The Labute approximate surface area is 167 Å². The Hall–Kier alpha value is -2.02. The molecule has 0 spiro atoms. The molecule has 142 valence electrons. The molecule has 0 radical (unpaired) electrons. The lowest BCUT2D eigenvalue weighted by Gasteiger charge is -2.24. The zero-order valence-electron chi connectivity index (χ0n) is 15.3. The van der Waals surface area contributed by atoms with Crippen LogP contribution in [0.15, 0.2) is 42.5 Å². The third-order valence-corrected chi connectivity index (χ3v) is 5.81. The summed E-state index contributed by atoms with van der Waals surface area (Å²) < 4.78 is 14.2. The number of aromatic nitrogens is 1. The summed E-state index contributed by atoms with van der Waals surface area (Å²) in [6, 6.07) is 11.2. The summed E-state index contributed by atoms with van der Waals surface area (Å²) >= 11 is 7.68. The minimum atomic E-state index is -0.368. The third kappa shape index (κ3) is 4.46. The number of carbonyl (C=O) groups is 1. The molecule has 0 unspecified atom stereocenters. The van der Waals surface area contributed by atoms with Crippen LogP contribution in [0, 0.1) is 5.82 Å². The van der Waals surface area contributed by atoms with Crippen LogP contribution in [-0.2, 0) is 0 Å². The Kier molecular flexibility index (Phi) is 6.42. The van der Waals surface area contributed by atoms with Gasteiger partial charge < -0.3 is 4.90 Å². The van der Waals surface area contributed by atoms with Crippen molar-refractivity contribution >= 4 is 44.2 Å². The number of fused-ring (bicyclic) bond motifs is 1. The van der Waals surface area contributed by atoms with Gasteiger partial charge in [-0.05, 0) is 49.5 Å². The molecule has 0 aliphatic heterocycles. The van der Waals surface area contributed by atoms with Gasteiger partial charge in [0.05, 0.1) is 9.72 Å².